The molecule has 0 fully saturated rings. The molecule has 1 aliphatic rings. The van der Waals surface area contributed by atoms with E-state index in [-0.39, 0.29) is 30.2 Å². The van der Waals surface area contributed by atoms with Gasteiger partial charge in [-0.15, -0.1) is 0 Å². The van der Waals surface area contributed by atoms with Crippen molar-refractivity contribution >= 4 is 17.5 Å². The number of nitriles is 1. The Morgan fingerprint density at radius 1 is 1.38 bits per heavy atom. The maximum Gasteiger partial charge on any atom is 0.318 e. The minimum absolute atomic E-state index is 0.106. The van der Waals surface area contributed by atoms with Crippen molar-refractivity contribution in [3.63, 3.8) is 0 Å². The Bertz CT molecular complexity index is 817. The molecule has 8 heteroatoms. The molecule has 1 aromatic carbocycles. The highest BCUT2D eigenvalue weighted by molar-refractivity contribution is 5.87. The van der Waals surface area contributed by atoms with Gasteiger partial charge < -0.3 is 20.3 Å². The van der Waals surface area contributed by atoms with E-state index in [2.05, 4.69) is 10.6 Å². The van der Waals surface area contributed by atoms with Crippen LogP contribution in [0.25, 0.3) is 5.57 Å². The molecule has 1 unspecified atom stereocenters. The molecular formula is C21H27FN4O3. The number of rotatable bonds is 7. The topological polar surface area (TPSA) is 94.5 Å². The van der Waals surface area contributed by atoms with Gasteiger partial charge in [0.05, 0.1) is 13.2 Å². The minimum atomic E-state index is -0.711. The van der Waals surface area contributed by atoms with Crippen LogP contribution in [0.3, 0.4) is 0 Å². The number of carbonyl (C=O) groups excluding carboxylic acids is 2. The van der Waals surface area contributed by atoms with Gasteiger partial charge in [-0.2, -0.15) is 5.26 Å². The predicted octanol–water partition coefficient (Wildman–Crippen LogP) is 2.69. The van der Waals surface area contributed by atoms with Crippen LogP contribution < -0.4 is 15.4 Å². The lowest BCUT2D eigenvalue weighted by atomic mass is 9.98. The maximum atomic E-state index is 14.2. The lowest BCUT2D eigenvalue weighted by Gasteiger charge is -2.29. The van der Waals surface area contributed by atoms with Crippen molar-refractivity contribution in [2.45, 2.75) is 32.7 Å². The highest BCUT2D eigenvalue weighted by atomic mass is 19.1. The number of halogens is 1. The van der Waals surface area contributed by atoms with Crippen LogP contribution in [0.5, 0.6) is 5.75 Å². The molecule has 1 atom stereocenters. The highest BCUT2D eigenvalue weighted by Crippen LogP contribution is 2.28. The second-order valence-corrected chi connectivity index (χ2v) is 7.28. The van der Waals surface area contributed by atoms with Crippen LogP contribution in [0.4, 0.5) is 9.18 Å². The summed E-state index contributed by atoms with van der Waals surface area (Å²) in [5, 5.41) is 13.9. The van der Waals surface area contributed by atoms with Gasteiger partial charge in [-0.1, -0.05) is 19.9 Å². The molecule has 1 heterocycles. The van der Waals surface area contributed by atoms with E-state index in [1.165, 1.54) is 13.2 Å². The Balaban J connectivity index is 2.04. The minimum Gasteiger partial charge on any atom is -0.497 e. The molecule has 156 valence electrons. The molecule has 29 heavy (non-hydrogen) atoms. The summed E-state index contributed by atoms with van der Waals surface area (Å²) in [5.41, 5.74) is 1.29. The smallest absolute Gasteiger partial charge is 0.318 e. The molecule has 3 amide bonds. The van der Waals surface area contributed by atoms with E-state index in [1.807, 2.05) is 26.0 Å². The van der Waals surface area contributed by atoms with E-state index in [4.69, 9.17) is 10.00 Å². The number of carbonyl (C=O) groups is 2. The van der Waals surface area contributed by atoms with Gasteiger partial charge in [-0.25, -0.2) is 9.18 Å². The zero-order valence-electron chi connectivity index (χ0n) is 17.0. The molecule has 7 nitrogen and oxygen atoms in total. The largest absolute Gasteiger partial charge is 0.497 e. The SMILES string of the molecule is COc1ccc(F)c(C2=CCN(C(=O)NC(CC(C)C)C(=O)NCC#N)CC2)c1. The molecule has 0 spiro atoms. The molecule has 0 aromatic heterocycles. The summed E-state index contributed by atoms with van der Waals surface area (Å²) in [6.07, 6.45) is 2.77. The Labute approximate surface area is 170 Å². The summed E-state index contributed by atoms with van der Waals surface area (Å²) in [4.78, 5) is 26.4. The van der Waals surface area contributed by atoms with Gasteiger partial charge in [0.15, 0.2) is 0 Å². The standard InChI is InChI=1S/C21H27FN4O3/c1-14(2)12-19(20(27)24-9-8-23)25-21(28)26-10-6-15(7-11-26)17-13-16(29-3)4-5-18(17)22/h4-6,13-14,19H,7,9-12H2,1-3H3,(H,24,27)(H,25,28). The summed E-state index contributed by atoms with van der Waals surface area (Å²) >= 11 is 0. The molecule has 0 aliphatic carbocycles. The van der Waals surface area contributed by atoms with Crippen molar-refractivity contribution in [2.75, 3.05) is 26.7 Å². The van der Waals surface area contributed by atoms with Crippen molar-refractivity contribution in [3.8, 4) is 11.8 Å². The monoisotopic (exact) mass is 402 g/mol. The van der Waals surface area contributed by atoms with E-state index in [1.54, 1.807) is 17.0 Å². The Morgan fingerprint density at radius 3 is 2.72 bits per heavy atom. The summed E-state index contributed by atoms with van der Waals surface area (Å²) in [5.74, 6) is 0.0563. The Hall–Kier alpha value is -3.08. The summed E-state index contributed by atoms with van der Waals surface area (Å²) in [6, 6.07) is 5.36. The predicted molar refractivity (Wildman–Crippen MR) is 108 cm³/mol. The third-order valence-corrected chi connectivity index (χ3v) is 4.68. The lowest BCUT2D eigenvalue weighted by Crippen LogP contribution is -2.52. The van der Waals surface area contributed by atoms with Crippen molar-refractivity contribution < 1.29 is 18.7 Å². The second kappa shape index (κ2) is 10.5. The van der Waals surface area contributed by atoms with Crippen molar-refractivity contribution in [1.82, 2.24) is 15.5 Å². The van der Waals surface area contributed by atoms with Crippen LogP contribution in [0.15, 0.2) is 24.3 Å². The average molecular weight is 402 g/mol. The fourth-order valence-electron chi connectivity index (χ4n) is 3.17. The molecule has 1 aromatic rings. The van der Waals surface area contributed by atoms with Crippen molar-refractivity contribution in [3.05, 3.63) is 35.7 Å². The van der Waals surface area contributed by atoms with Crippen LogP contribution in [0.2, 0.25) is 0 Å². The first kappa shape index (κ1) is 22.2. The average Bonchev–Trinajstić information content (AvgIpc) is 2.71. The molecule has 0 bridgehead atoms. The number of nitrogens with one attached hydrogen (secondary N) is 2. The lowest BCUT2D eigenvalue weighted by molar-refractivity contribution is -0.123. The fraction of sp³-hybridized carbons (Fsp3) is 0.476. The van der Waals surface area contributed by atoms with Crippen LogP contribution in [-0.4, -0.2) is 49.6 Å². The Kier molecular flexibility index (Phi) is 8.01. The zero-order chi connectivity index (χ0) is 21.4. The number of nitrogens with zero attached hydrogens (tertiary/aromatic N) is 2. The van der Waals surface area contributed by atoms with Crippen LogP contribution in [0.1, 0.15) is 32.3 Å². The van der Waals surface area contributed by atoms with Crippen LogP contribution in [-0.2, 0) is 4.79 Å². The molecular weight excluding hydrogens is 375 g/mol. The number of amides is 3. The quantitative estimate of drug-likeness (QED) is 0.686. The van der Waals surface area contributed by atoms with Crippen molar-refractivity contribution in [1.29, 1.82) is 5.26 Å². The molecule has 0 saturated carbocycles. The van der Waals surface area contributed by atoms with E-state index in [9.17, 15) is 14.0 Å². The molecule has 2 rings (SSSR count). The third-order valence-electron chi connectivity index (χ3n) is 4.68. The molecule has 0 radical (unpaired) electrons. The number of methoxy groups -OCH3 is 1. The third kappa shape index (κ3) is 6.21. The number of benzene rings is 1. The first-order valence-corrected chi connectivity index (χ1v) is 9.58. The van der Waals surface area contributed by atoms with Gasteiger partial charge >= 0.3 is 6.03 Å². The van der Waals surface area contributed by atoms with Gasteiger partial charge in [0.1, 0.15) is 24.2 Å². The number of hydrogen-bond donors (Lipinski definition) is 2. The molecule has 0 saturated heterocycles. The van der Waals surface area contributed by atoms with Gasteiger partial charge in [0.25, 0.3) is 0 Å². The summed E-state index contributed by atoms with van der Waals surface area (Å²) < 4.78 is 19.3. The van der Waals surface area contributed by atoms with Gasteiger partial charge in [0, 0.05) is 18.7 Å². The number of ether oxygens (including phenoxy) is 1. The van der Waals surface area contributed by atoms with Gasteiger partial charge in [0.2, 0.25) is 5.91 Å². The van der Waals surface area contributed by atoms with E-state index in [0.717, 1.165) is 5.57 Å². The first-order valence-electron chi connectivity index (χ1n) is 9.58. The maximum absolute atomic E-state index is 14.2. The second-order valence-electron chi connectivity index (χ2n) is 7.28. The van der Waals surface area contributed by atoms with E-state index in [0.29, 0.717) is 37.2 Å². The van der Waals surface area contributed by atoms with Crippen LogP contribution >= 0.6 is 0 Å². The summed E-state index contributed by atoms with van der Waals surface area (Å²) in [6.45, 7) is 4.52. The van der Waals surface area contributed by atoms with Crippen molar-refractivity contribution in [2.24, 2.45) is 5.92 Å². The normalized spacial score (nSPS) is 14.6. The molecule has 1 aliphatic heterocycles. The highest BCUT2D eigenvalue weighted by Gasteiger charge is 2.26. The molecule has 2 N–H and O–H groups in total. The first-order chi connectivity index (χ1) is 13.8. The van der Waals surface area contributed by atoms with Gasteiger partial charge in [-0.05, 0) is 42.5 Å². The van der Waals surface area contributed by atoms with Gasteiger partial charge in [-0.3, -0.25) is 4.79 Å². The zero-order valence-corrected chi connectivity index (χ0v) is 17.0. The number of urea groups is 1. The van der Waals surface area contributed by atoms with E-state index >= 15 is 0 Å². The Morgan fingerprint density at radius 2 is 2.14 bits per heavy atom. The number of hydrogen-bond acceptors (Lipinski definition) is 4. The van der Waals surface area contributed by atoms with Crippen LogP contribution in [0, 0.1) is 23.1 Å². The summed E-state index contributed by atoms with van der Waals surface area (Å²) in [7, 11) is 1.53. The van der Waals surface area contributed by atoms with E-state index < -0.39 is 6.04 Å². The fourth-order valence-corrected chi connectivity index (χ4v) is 3.17.